The summed E-state index contributed by atoms with van der Waals surface area (Å²) in [6.45, 7) is 5.32. The summed E-state index contributed by atoms with van der Waals surface area (Å²) in [6.07, 6.45) is 3.47. The van der Waals surface area contributed by atoms with Crippen molar-refractivity contribution in [3.63, 3.8) is 0 Å². The van der Waals surface area contributed by atoms with Gasteiger partial charge in [-0.15, -0.1) is 0 Å². The maximum atomic E-state index is 12.4. The summed E-state index contributed by atoms with van der Waals surface area (Å²) in [6, 6.07) is 11.0. The normalized spacial score (nSPS) is 14.3. The molecule has 0 unspecified atom stereocenters. The van der Waals surface area contributed by atoms with Gasteiger partial charge in [0.1, 0.15) is 0 Å². The van der Waals surface area contributed by atoms with Gasteiger partial charge in [0.15, 0.2) is 0 Å². The molecule has 0 radical (unpaired) electrons. The Balaban J connectivity index is 1.94. The minimum atomic E-state index is 0.0181. The lowest BCUT2D eigenvalue weighted by molar-refractivity contribution is 0.596. The van der Waals surface area contributed by atoms with Gasteiger partial charge in [0.05, 0.1) is 5.69 Å². The molecule has 22 heavy (non-hydrogen) atoms. The van der Waals surface area contributed by atoms with E-state index in [1.807, 2.05) is 13.0 Å². The van der Waals surface area contributed by atoms with E-state index in [1.165, 1.54) is 18.4 Å². The molecule has 1 aromatic heterocycles. The Kier molecular flexibility index (Phi) is 4.39. The highest BCUT2D eigenvalue weighted by Crippen LogP contribution is 2.20. The Bertz CT molecular complexity index is 699. The van der Waals surface area contributed by atoms with Gasteiger partial charge in [0.25, 0.3) is 5.56 Å². The first-order chi connectivity index (χ1) is 10.7. The molecule has 1 N–H and O–H groups in total. The van der Waals surface area contributed by atoms with Crippen LogP contribution in [0.25, 0.3) is 11.3 Å². The number of nitrogens with zero attached hydrogens (tertiary/aromatic N) is 2. The zero-order valence-electron chi connectivity index (χ0n) is 13.3. The van der Waals surface area contributed by atoms with Crippen LogP contribution in [-0.2, 0) is 19.5 Å². The summed E-state index contributed by atoms with van der Waals surface area (Å²) in [7, 11) is 0. The van der Waals surface area contributed by atoms with E-state index in [9.17, 15) is 4.79 Å². The zero-order chi connectivity index (χ0) is 15.5. The third-order valence-electron chi connectivity index (χ3n) is 4.16. The molecule has 3 rings (SSSR count). The number of hydrogen-bond acceptors (Lipinski definition) is 3. The Labute approximate surface area is 131 Å². The van der Waals surface area contributed by atoms with Gasteiger partial charge < -0.3 is 5.32 Å². The molecule has 0 saturated heterocycles. The molecule has 0 aliphatic heterocycles. The molecule has 1 aliphatic carbocycles. The van der Waals surface area contributed by atoms with E-state index in [-0.39, 0.29) is 5.56 Å². The van der Waals surface area contributed by atoms with Crippen molar-refractivity contribution in [1.82, 2.24) is 15.1 Å². The fourth-order valence-electron chi connectivity index (χ4n) is 2.53. The van der Waals surface area contributed by atoms with Crippen molar-refractivity contribution < 1.29 is 0 Å². The minimum Gasteiger partial charge on any atom is -0.310 e. The van der Waals surface area contributed by atoms with Crippen LogP contribution in [0.2, 0.25) is 0 Å². The lowest BCUT2D eigenvalue weighted by atomic mass is 10.1. The second-order valence-corrected chi connectivity index (χ2v) is 5.88. The Morgan fingerprint density at radius 2 is 1.95 bits per heavy atom. The van der Waals surface area contributed by atoms with E-state index >= 15 is 0 Å². The fraction of sp³-hybridized carbons (Fsp3) is 0.444. The van der Waals surface area contributed by atoms with E-state index in [2.05, 4.69) is 41.6 Å². The van der Waals surface area contributed by atoms with E-state index in [1.54, 1.807) is 4.68 Å². The first kappa shape index (κ1) is 15.0. The smallest absolute Gasteiger partial charge is 0.271 e. The summed E-state index contributed by atoms with van der Waals surface area (Å²) in [5.74, 6) is 0. The molecule has 0 spiro atoms. The molecule has 116 valence electrons. The predicted octanol–water partition coefficient (Wildman–Crippen LogP) is 2.74. The van der Waals surface area contributed by atoms with Gasteiger partial charge in [-0.3, -0.25) is 4.79 Å². The van der Waals surface area contributed by atoms with Crippen LogP contribution in [0.4, 0.5) is 0 Å². The molecule has 1 fully saturated rings. The maximum Gasteiger partial charge on any atom is 0.271 e. The second kappa shape index (κ2) is 6.44. The highest BCUT2D eigenvalue weighted by molar-refractivity contribution is 5.59. The lowest BCUT2D eigenvalue weighted by Gasteiger charge is -2.10. The van der Waals surface area contributed by atoms with Crippen molar-refractivity contribution in [3.8, 4) is 11.3 Å². The zero-order valence-corrected chi connectivity index (χ0v) is 13.3. The Morgan fingerprint density at radius 1 is 1.23 bits per heavy atom. The van der Waals surface area contributed by atoms with Crippen molar-refractivity contribution in [2.24, 2.45) is 0 Å². The van der Waals surface area contributed by atoms with E-state index in [0.717, 1.165) is 23.2 Å². The standard InChI is InChI=1S/C18H23N3O/c1-3-13-5-7-14(8-6-13)17-11-15(12-19-16-9-10-16)18(22)21(4-2)20-17/h5-8,11,16,19H,3-4,9-10,12H2,1-2H3. The first-order valence-electron chi connectivity index (χ1n) is 8.15. The van der Waals surface area contributed by atoms with Crippen LogP contribution in [0.15, 0.2) is 35.1 Å². The number of aromatic nitrogens is 2. The summed E-state index contributed by atoms with van der Waals surface area (Å²) in [5.41, 5.74) is 4.06. The topological polar surface area (TPSA) is 46.9 Å². The van der Waals surface area contributed by atoms with Gasteiger partial charge in [-0.25, -0.2) is 4.68 Å². The third-order valence-corrected chi connectivity index (χ3v) is 4.16. The molecule has 1 saturated carbocycles. The highest BCUT2D eigenvalue weighted by Gasteiger charge is 2.21. The van der Waals surface area contributed by atoms with Crippen molar-refractivity contribution >= 4 is 0 Å². The number of aryl methyl sites for hydroxylation is 2. The van der Waals surface area contributed by atoms with Gasteiger partial charge in [-0.2, -0.15) is 5.10 Å². The van der Waals surface area contributed by atoms with Gasteiger partial charge in [-0.1, -0.05) is 31.2 Å². The van der Waals surface area contributed by atoms with E-state index in [0.29, 0.717) is 19.1 Å². The first-order valence-corrected chi connectivity index (χ1v) is 8.15. The molecular weight excluding hydrogens is 274 g/mol. The molecule has 1 aliphatic rings. The monoisotopic (exact) mass is 297 g/mol. The van der Waals surface area contributed by atoms with Crippen LogP contribution in [0.3, 0.4) is 0 Å². The van der Waals surface area contributed by atoms with Crippen molar-refractivity contribution in [1.29, 1.82) is 0 Å². The quantitative estimate of drug-likeness (QED) is 0.892. The van der Waals surface area contributed by atoms with Crippen LogP contribution in [0.1, 0.15) is 37.8 Å². The molecule has 1 aromatic carbocycles. The van der Waals surface area contributed by atoms with Crippen molar-refractivity contribution in [2.75, 3.05) is 0 Å². The number of hydrogen-bond donors (Lipinski definition) is 1. The molecular formula is C18H23N3O. The Hall–Kier alpha value is -1.94. The second-order valence-electron chi connectivity index (χ2n) is 5.88. The van der Waals surface area contributed by atoms with Crippen LogP contribution in [-0.4, -0.2) is 15.8 Å². The van der Waals surface area contributed by atoms with Gasteiger partial charge in [0.2, 0.25) is 0 Å². The third kappa shape index (κ3) is 3.28. The summed E-state index contributed by atoms with van der Waals surface area (Å²) in [4.78, 5) is 12.4. The summed E-state index contributed by atoms with van der Waals surface area (Å²) >= 11 is 0. The van der Waals surface area contributed by atoms with Crippen LogP contribution in [0.5, 0.6) is 0 Å². The van der Waals surface area contributed by atoms with Crippen molar-refractivity contribution in [3.05, 3.63) is 51.8 Å². The molecule has 4 nitrogen and oxygen atoms in total. The molecule has 0 atom stereocenters. The Morgan fingerprint density at radius 3 is 2.55 bits per heavy atom. The van der Waals surface area contributed by atoms with Gasteiger partial charge in [-0.05, 0) is 37.8 Å². The van der Waals surface area contributed by atoms with E-state index < -0.39 is 0 Å². The van der Waals surface area contributed by atoms with Crippen molar-refractivity contribution in [2.45, 2.75) is 52.2 Å². The van der Waals surface area contributed by atoms with Crippen LogP contribution >= 0.6 is 0 Å². The molecule has 1 heterocycles. The van der Waals surface area contributed by atoms with Crippen LogP contribution in [0, 0.1) is 0 Å². The number of nitrogens with one attached hydrogen (secondary N) is 1. The largest absolute Gasteiger partial charge is 0.310 e. The lowest BCUT2D eigenvalue weighted by Crippen LogP contribution is -2.29. The highest BCUT2D eigenvalue weighted by atomic mass is 16.1. The minimum absolute atomic E-state index is 0.0181. The molecule has 2 aromatic rings. The van der Waals surface area contributed by atoms with Crippen LogP contribution < -0.4 is 10.9 Å². The van der Waals surface area contributed by atoms with E-state index in [4.69, 9.17) is 0 Å². The average molecular weight is 297 g/mol. The molecule has 0 bridgehead atoms. The average Bonchev–Trinajstić information content (AvgIpc) is 3.38. The number of rotatable bonds is 6. The predicted molar refractivity (Wildman–Crippen MR) is 88.8 cm³/mol. The van der Waals surface area contributed by atoms with Gasteiger partial charge in [0, 0.05) is 30.3 Å². The molecule has 4 heteroatoms. The maximum absolute atomic E-state index is 12.4. The molecule has 0 amide bonds. The SMILES string of the molecule is CCc1ccc(-c2cc(CNC3CC3)c(=O)n(CC)n2)cc1. The summed E-state index contributed by atoms with van der Waals surface area (Å²) < 4.78 is 1.56. The fourth-order valence-corrected chi connectivity index (χ4v) is 2.53. The van der Waals surface area contributed by atoms with Gasteiger partial charge >= 0.3 is 0 Å². The number of benzene rings is 1. The summed E-state index contributed by atoms with van der Waals surface area (Å²) in [5, 5.41) is 7.92.